The maximum Gasteiger partial charge on any atom is 0.244 e. The van der Waals surface area contributed by atoms with Gasteiger partial charge in [-0.1, -0.05) is 6.92 Å². The normalized spacial score (nSPS) is 27.6. The number of rotatable bonds is 6. The van der Waals surface area contributed by atoms with Gasteiger partial charge in [-0.15, -0.1) is 0 Å². The summed E-state index contributed by atoms with van der Waals surface area (Å²) in [6.07, 6.45) is -1.37. The molecule has 0 amide bonds. The molecule has 4 atom stereocenters. The highest BCUT2D eigenvalue weighted by atomic mass is 16.7. The van der Waals surface area contributed by atoms with E-state index in [1.807, 2.05) is 12.1 Å². The Balaban J connectivity index is 2.06. The van der Waals surface area contributed by atoms with Crippen LogP contribution in [0.1, 0.15) is 24.2 Å². The number of nitriles is 3. The monoisotopic (exact) mass is 488 g/mol. The lowest BCUT2D eigenvalue weighted by Gasteiger charge is -2.49. The van der Waals surface area contributed by atoms with Crippen molar-refractivity contribution in [1.82, 2.24) is 0 Å². The van der Waals surface area contributed by atoms with E-state index in [4.69, 9.17) is 33.8 Å². The number of nitrogens with zero attached hydrogens (tertiary/aromatic N) is 3. The Kier molecular flexibility index (Phi) is 5.92. The lowest BCUT2D eigenvalue weighted by Crippen LogP contribution is -2.57. The van der Waals surface area contributed by atoms with Gasteiger partial charge in [0.25, 0.3) is 0 Å². The van der Waals surface area contributed by atoms with E-state index in [1.165, 1.54) is 34.5 Å². The summed E-state index contributed by atoms with van der Waals surface area (Å²) in [5.74, 6) is -1.59. The zero-order valence-electron chi connectivity index (χ0n) is 20.4. The summed E-state index contributed by atoms with van der Waals surface area (Å²) in [5, 5.41) is 40.2. The van der Waals surface area contributed by atoms with Gasteiger partial charge in [0.05, 0.1) is 52.6 Å². The summed E-state index contributed by atoms with van der Waals surface area (Å²) >= 11 is 0. The lowest BCUT2D eigenvalue weighted by molar-refractivity contribution is -0.288. The number of ether oxygens (including phenoxy) is 6. The van der Waals surface area contributed by atoms with Gasteiger partial charge in [-0.05, 0) is 30.3 Å². The first kappa shape index (κ1) is 24.7. The molecule has 4 unspecified atom stereocenters. The van der Waals surface area contributed by atoms with E-state index >= 15 is 0 Å². The van der Waals surface area contributed by atoms with Crippen LogP contribution >= 0.6 is 0 Å². The quantitative estimate of drug-likeness (QED) is 0.639. The first-order valence-electron chi connectivity index (χ1n) is 10.9. The van der Waals surface area contributed by atoms with Gasteiger partial charge >= 0.3 is 0 Å². The summed E-state index contributed by atoms with van der Waals surface area (Å²) < 4.78 is 34.2. The topological polar surface area (TPSA) is 151 Å². The molecule has 0 aliphatic carbocycles. The van der Waals surface area contributed by atoms with Gasteiger partial charge in [-0.25, -0.2) is 0 Å². The average molecular weight is 489 g/mol. The van der Waals surface area contributed by atoms with Crippen molar-refractivity contribution in [3.8, 4) is 41.2 Å². The highest BCUT2D eigenvalue weighted by Crippen LogP contribution is 2.69. The summed E-state index contributed by atoms with van der Waals surface area (Å²) in [6, 6.07) is 16.0. The maximum absolute atomic E-state index is 10.5. The number of fused-ring (bicyclic) bond motifs is 2. The first-order valence-corrected chi connectivity index (χ1v) is 10.9. The Morgan fingerprint density at radius 1 is 0.833 bits per heavy atom. The molecule has 4 rings (SSSR count). The van der Waals surface area contributed by atoms with Crippen LogP contribution in [0.25, 0.3) is 0 Å². The number of benzene rings is 2. The molecule has 2 aliphatic rings. The lowest BCUT2D eigenvalue weighted by atomic mass is 9.53. The van der Waals surface area contributed by atoms with Gasteiger partial charge in [-0.3, -0.25) is 5.41 Å². The second-order valence-corrected chi connectivity index (χ2v) is 8.45. The smallest absolute Gasteiger partial charge is 0.244 e. The van der Waals surface area contributed by atoms with E-state index in [2.05, 4.69) is 6.07 Å². The SMILES string of the molecule is COc1ccc(C23OC(=N)C(C#N)(C2C)C(C#N)(C#N)C(c2cc(OC)c(OC)cc2OC)O3)cc1. The van der Waals surface area contributed by atoms with Crippen molar-refractivity contribution in [2.75, 3.05) is 28.4 Å². The fourth-order valence-electron chi connectivity index (χ4n) is 5.23. The molecule has 0 aromatic heterocycles. The molecule has 0 saturated carbocycles. The second-order valence-electron chi connectivity index (χ2n) is 8.45. The van der Waals surface area contributed by atoms with Crippen LogP contribution in [-0.2, 0) is 15.3 Å². The van der Waals surface area contributed by atoms with Gasteiger partial charge in [0.1, 0.15) is 17.6 Å². The predicted octanol–water partition coefficient (Wildman–Crippen LogP) is 3.83. The molecule has 10 nitrogen and oxygen atoms in total. The van der Waals surface area contributed by atoms with Crippen LogP contribution in [0.2, 0.25) is 0 Å². The van der Waals surface area contributed by atoms with E-state index < -0.39 is 34.5 Å². The summed E-state index contributed by atoms with van der Waals surface area (Å²) in [7, 11) is 5.85. The second kappa shape index (κ2) is 8.64. The summed E-state index contributed by atoms with van der Waals surface area (Å²) in [4.78, 5) is 0. The highest BCUT2D eigenvalue weighted by Gasteiger charge is 2.80. The molecule has 36 heavy (non-hydrogen) atoms. The van der Waals surface area contributed by atoms with Crippen molar-refractivity contribution < 1.29 is 28.4 Å². The Morgan fingerprint density at radius 2 is 1.42 bits per heavy atom. The van der Waals surface area contributed by atoms with Crippen LogP contribution in [0, 0.1) is 56.2 Å². The molecule has 2 aromatic rings. The molecular formula is C26H24N4O6. The molecule has 2 saturated heterocycles. The van der Waals surface area contributed by atoms with Crippen molar-refractivity contribution in [3.05, 3.63) is 47.5 Å². The Labute approximate surface area is 208 Å². The third-order valence-corrected chi connectivity index (χ3v) is 7.18. The van der Waals surface area contributed by atoms with E-state index in [9.17, 15) is 15.8 Å². The minimum Gasteiger partial charge on any atom is -0.497 e. The fraction of sp³-hybridized carbons (Fsp3) is 0.385. The molecule has 2 aliphatic heterocycles. The van der Waals surface area contributed by atoms with Crippen molar-refractivity contribution in [2.24, 2.45) is 16.7 Å². The van der Waals surface area contributed by atoms with Crippen LogP contribution in [0.4, 0.5) is 0 Å². The Bertz CT molecular complexity index is 1320. The van der Waals surface area contributed by atoms with Gasteiger partial charge in [-0.2, -0.15) is 15.8 Å². The Hall–Kier alpha value is -4.46. The minimum absolute atomic E-state index is 0.242. The van der Waals surface area contributed by atoms with Crippen LogP contribution in [-0.4, -0.2) is 34.3 Å². The van der Waals surface area contributed by atoms with Crippen LogP contribution in [0.5, 0.6) is 23.0 Å². The van der Waals surface area contributed by atoms with Crippen molar-refractivity contribution in [2.45, 2.75) is 18.8 Å². The standard InChI is InChI=1S/C26H24N4O6/c1-15-25(14-29)23(30)36-26(15,16-6-8-17(31-2)9-7-16)35-22(24(25,12-27)13-28)18-10-20(33-4)21(34-5)11-19(18)32-3/h6-11,15,22,30H,1-5H3. The van der Waals surface area contributed by atoms with E-state index in [1.54, 1.807) is 37.3 Å². The number of nitrogens with one attached hydrogen (secondary N) is 1. The van der Waals surface area contributed by atoms with Crippen LogP contribution < -0.4 is 18.9 Å². The molecule has 2 bridgehead atoms. The van der Waals surface area contributed by atoms with Gasteiger partial charge < -0.3 is 28.4 Å². The first-order chi connectivity index (χ1) is 17.3. The molecule has 0 radical (unpaired) electrons. The van der Waals surface area contributed by atoms with Gasteiger partial charge in [0.15, 0.2) is 16.9 Å². The van der Waals surface area contributed by atoms with Crippen LogP contribution in [0.15, 0.2) is 36.4 Å². The predicted molar refractivity (Wildman–Crippen MR) is 124 cm³/mol. The van der Waals surface area contributed by atoms with E-state index in [-0.39, 0.29) is 11.3 Å². The molecule has 1 N–H and O–H groups in total. The third-order valence-electron chi connectivity index (χ3n) is 7.18. The van der Waals surface area contributed by atoms with Gasteiger partial charge in [0.2, 0.25) is 17.1 Å². The fourth-order valence-corrected chi connectivity index (χ4v) is 5.23. The largest absolute Gasteiger partial charge is 0.497 e. The van der Waals surface area contributed by atoms with Gasteiger partial charge in [0, 0.05) is 17.2 Å². The summed E-state index contributed by atoms with van der Waals surface area (Å²) in [6.45, 7) is 1.64. The zero-order valence-corrected chi connectivity index (χ0v) is 20.4. The zero-order chi connectivity index (χ0) is 26.3. The molecule has 10 heteroatoms. The molecule has 2 aromatic carbocycles. The average Bonchev–Trinajstić information content (AvgIpc) is 3.08. The highest BCUT2D eigenvalue weighted by molar-refractivity contribution is 5.89. The van der Waals surface area contributed by atoms with Crippen molar-refractivity contribution in [1.29, 1.82) is 21.2 Å². The molecule has 0 spiro atoms. The molecular weight excluding hydrogens is 464 g/mol. The summed E-state index contributed by atoms with van der Waals surface area (Å²) in [5.41, 5.74) is -3.37. The number of hydrogen-bond donors (Lipinski definition) is 1. The molecule has 2 heterocycles. The van der Waals surface area contributed by atoms with Crippen molar-refractivity contribution in [3.63, 3.8) is 0 Å². The van der Waals surface area contributed by atoms with Crippen molar-refractivity contribution >= 4 is 5.90 Å². The Morgan fingerprint density at radius 3 is 1.92 bits per heavy atom. The maximum atomic E-state index is 10.5. The molecule has 2 fully saturated rings. The minimum atomic E-state index is -2.17. The molecule has 184 valence electrons. The number of hydrogen-bond acceptors (Lipinski definition) is 10. The number of methoxy groups -OCH3 is 4. The van der Waals surface area contributed by atoms with E-state index in [0.29, 0.717) is 22.8 Å². The third kappa shape index (κ3) is 2.87. The van der Waals surface area contributed by atoms with E-state index in [0.717, 1.165) is 0 Å². The van der Waals surface area contributed by atoms with Crippen LogP contribution in [0.3, 0.4) is 0 Å².